The van der Waals surface area contributed by atoms with Gasteiger partial charge in [-0.05, 0) is 18.6 Å². The molecule has 17 heavy (non-hydrogen) atoms. The Balaban J connectivity index is 0.00000144. The van der Waals surface area contributed by atoms with Crippen molar-refractivity contribution in [3.8, 4) is 0 Å². The Bertz CT molecular complexity index is 412. The summed E-state index contributed by atoms with van der Waals surface area (Å²) in [4.78, 5) is 4.24. The molecule has 1 heterocycles. The van der Waals surface area contributed by atoms with Gasteiger partial charge in [0.25, 0.3) is 0 Å². The van der Waals surface area contributed by atoms with Crippen molar-refractivity contribution in [2.45, 2.75) is 13.0 Å². The molecule has 1 aliphatic rings. The molecule has 0 unspecified atom stereocenters. The lowest BCUT2D eigenvalue weighted by molar-refractivity contribution is 0.603. The summed E-state index contributed by atoms with van der Waals surface area (Å²) in [5.74, 6) is 0.442. The maximum absolute atomic E-state index is 13.4. The summed E-state index contributed by atoms with van der Waals surface area (Å²) in [6.45, 7) is 2.14. The first-order chi connectivity index (χ1) is 7.75. The van der Waals surface area contributed by atoms with E-state index < -0.39 is 0 Å². The molecule has 0 radical (unpaired) electrons. The third-order valence-corrected chi connectivity index (χ3v) is 2.59. The van der Waals surface area contributed by atoms with Crippen LogP contribution in [0.2, 0.25) is 5.02 Å². The lowest BCUT2D eigenvalue weighted by Gasteiger charge is -2.16. The van der Waals surface area contributed by atoms with Gasteiger partial charge in [-0.3, -0.25) is 4.99 Å². The summed E-state index contributed by atoms with van der Waals surface area (Å²) in [6.07, 6.45) is 1.04. The van der Waals surface area contributed by atoms with Crippen molar-refractivity contribution < 1.29 is 4.39 Å². The van der Waals surface area contributed by atoms with Crippen LogP contribution >= 0.6 is 35.6 Å². The molecule has 0 aromatic heterocycles. The van der Waals surface area contributed by atoms with Gasteiger partial charge in [0.2, 0.25) is 0 Å². The van der Waals surface area contributed by atoms with Crippen LogP contribution in [0.3, 0.4) is 0 Å². The molecule has 0 spiro atoms. The predicted molar refractivity (Wildman–Crippen MR) is 78.6 cm³/mol. The highest BCUT2D eigenvalue weighted by atomic mass is 127. The van der Waals surface area contributed by atoms with E-state index in [1.54, 1.807) is 12.1 Å². The number of guanidine groups is 1. The Kier molecular flexibility index (Phi) is 5.97. The van der Waals surface area contributed by atoms with Gasteiger partial charge in [0.05, 0.1) is 0 Å². The van der Waals surface area contributed by atoms with Crippen molar-refractivity contribution in [2.24, 2.45) is 4.99 Å². The Morgan fingerprint density at radius 1 is 1.47 bits per heavy atom. The number of aliphatic imine (C=N–C) groups is 1. The Morgan fingerprint density at radius 2 is 2.29 bits per heavy atom. The van der Waals surface area contributed by atoms with Gasteiger partial charge in [0.15, 0.2) is 5.96 Å². The van der Waals surface area contributed by atoms with E-state index in [9.17, 15) is 4.39 Å². The van der Waals surface area contributed by atoms with Gasteiger partial charge in [-0.25, -0.2) is 4.39 Å². The summed E-state index contributed by atoms with van der Waals surface area (Å²) < 4.78 is 13.4. The number of nitrogens with one attached hydrogen (secondary N) is 2. The van der Waals surface area contributed by atoms with Gasteiger partial charge in [-0.1, -0.05) is 17.7 Å². The molecule has 6 heteroatoms. The van der Waals surface area contributed by atoms with E-state index in [1.807, 2.05) is 0 Å². The van der Waals surface area contributed by atoms with Crippen molar-refractivity contribution in [3.05, 3.63) is 34.6 Å². The van der Waals surface area contributed by atoms with Gasteiger partial charge in [-0.15, -0.1) is 24.0 Å². The zero-order valence-corrected chi connectivity index (χ0v) is 12.3. The molecule has 0 bridgehead atoms. The van der Waals surface area contributed by atoms with Gasteiger partial charge in [-0.2, -0.15) is 0 Å². The molecule has 0 aliphatic carbocycles. The van der Waals surface area contributed by atoms with Crippen LogP contribution in [0, 0.1) is 5.82 Å². The molecule has 3 nitrogen and oxygen atoms in total. The molecular weight excluding hydrogens is 355 g/mol. The fraction of sp³-hybridized carbons (Fsp3) is 0.364. The van der Waals surface area contributed by atoms with Crippen molar-refractivity contribution >= 4 is 41.5 Å². The molecule has 2 N–H and O–H groups in total. The average molecular weight is 370 g/mol. The van der Waals surface area contributed by atoms with Gasteiger partial charge >= 0.3 is 0 Å². The Morgan fingerprint density at radius 3 is 2.94 bits per heavy atom. The molecule has 1 aromatic rings. The Hall–Kier alpha value is -0.560. The van der Waals surface area contributed by atoms with Gasteiger partial charge in [0.1, 0.15) is 5.82 Å². The van der Waals surface area contributed by atoms with E-state index in [4.69, 9.17) is 11.6 Å². The van der Waals surface area contributed by atoms with Crippen molar-refractivity contribution in [1.82, 2.24) is 10.6 Å². The number of nitrogens with zero attached hydrogens (tertiary/aromatic N) is 1. The molecular formula is C11H14ClFIN3. The quantitative estimate of drug-likeness (QED) is 0.786. The second-order valence-electron chi connectivity index (χ2n) is 3.60. The minimum Gasteiger partial charge on any atom is -0.356 e. The van der Waals surface area contributed by atoms with Crippen molar-refractivity contribution in [3.63, 3.8) is 0 Å². The molecule has 0 saturated carbocycles. The lowest BCUT2D eigenvalue weighted by atomic mass is 10.2. The molecule has 1 aliphatic heterocycles. The lowest BCUT2D eigenvalue weighted by Crippen LogP contribution is -2.40. The summed E-state index contributed by atoms with van der Waals surface area (Å²) in [6, 6.07) is 4.67. The first kappa shape index (κ1) is 14.5. The summed E-state index contributed by atoms with van der Waals surface area (Å²) in [5.41, 5.74) is 0.583. The first-order valence-corrected chi connectivity index (χ1v) is 5.59. The number of halogens is 3. The minimum absolute atomic E-state index is 0. The monoisotopic (exact) mass is 369 g/mol. The van der Waals surface area contributed by atoms with E-state index in [0.29, 0.717) is 17.1 Å². The van der Waals surface area contributed by atoms with Gasteiger partial charge < -0.3 is 10.6 Å². The van der Waals surface area contributed by atoms with E-state index >= 15 is 0 Å². The SMILES string of the molecule is Fc1cc(Cl)ccc1CNC1=NCCCN1.I. The number of hydrogen-bond donors (Lipinski definition) is 2. The highest BCUT2D eigenvalue weighted by Gasteiger charge is 2.06. The van der Waals surface area contributed by atoms with Crippen LogP contribution < -0.4 is 10.6 Å². The zero-order chi connectivity index (χ0) is 11.4. The van der Waals surface area contributed by atoms with Crippen LogP contribution in [0.5, 0.6) is 0 Å². The fourth-order valence-electron chi connectivity index (χ4n) is 1.50. The molecule has 94 valence electrons. The van der Waals surface area contributed by atoms with E-state index in [-0.39, 0.29) is 29.8 Å². The van der Waals surface area contributed by atoms with Crippen LogP contribution in [0.25, 0.3) is 0 Å². The van der Waals surface area contributed by atoms with Crippen LogP contribution in [-0.4, -0.2) is 19.0 Å². The zero-order valence-electron chi connectivity index (χ0n) is 9.17. The number of benzene rings is 1. The maximum atomic E-state index is 13.4. The number of hydrogen-bond acceptors (Lipinski definition) is 3. The van der Waals surface area contributed by atoms with Crippen LogP contribution in [-0.2, 0) is 6.54 Å². The molecule has 2 rings (SSSR count). The van der Waals surface area contributed by atoms with Crippen LogP contribution in [0.1, 0.15) is 12.0 Å². The Labute approximate surface area is 122 Å². The third kappa shape index (κ3) is 4.31. The van der Waals surface area contributed by atoms with E-state index in [2.05, 4.69) is 15.6 Å². The minimum atomic E-state index is -0.295. The largest absolute Gasteiger partial charge is 0.356 e. The third-order valence-electron chi connectivity index (χ3n) is 2.36. The normalized spacial score (nSPS) is 14.4. The molecule has 0 fully saturated rings. The second kappa shape index (κ2) is 7.00. The van der Waals surface area contributed by atoms with Crippen LogP contribution in [0.4, 0.5) is 4.39 Å². The van der Waals surface area contributed by atoms with Crippen molar-refractivity contribution in [2.75, 3.05) is 13.1 Å². The van der Waals surface area contributed by atoms with Crippen LogP contribution in [0.15, 0.2) is 23.2 Å². The standard InChI is InChI=1S/C11H13ClFN3.HI/c12-9-3-2-8(10(13)6-9)7-16-11-14-4-1-5-15-11;/h2-3,6H,1,4-5,7H2,(H2,14,15,16);1H. The maximum Gasteiger partial charge on any atom is 0.191 e. The molecule has 1 aromatic carbocycles. The smallest absolute Gasteiger partial charge is 0.191 e. The van der Waals surface area contributed by atoms with E-state index in [1.165, 1.54) is 6.07 Å². The van der Waals surface area contributed by atoms with Gasteiger partial charge in [0, 0.05) is 30.2 Å². The average Bonchev–Trinajstić information content (AvgIpc) is 2.29. The first-order valence-electron chi connectivity index (χ1n) is 5.22. The number of rotatable bonds is 2. The molecule has 0 atom stereocenters. The fourth-order valence-corrected chi connectivity index (χ4v) is 1.65. The summed E-state index contributed by atoms with van der Waals surface area (Å²) in [5, 5.41) is 6.58. The highest BCUT2D eigenvalue weighted by Crippen LogP contribution is 2.14. The second-order valence-corrected chi connectivity index (χ2v) is 4.04. The molecule has 0 amide bonds. The summed E-state index contributed by atoms with van der Waals surface area (Å²) in [7, 11) is 0. The molecule has 0 saturated heterocycles. The highest BCUT2D eigenvalue weighted by molar-refractivity contribution is 14.0. The van der Waals surface area contributed by atoms with E-state index in [0.717, 1.165) is 25.5 Å². The summed E-state index contributed by atoms with van der Waals surface area (Å²) >= 11 is 5.67. The predicted octanol–water partition coefficient (Wildman–Crippen LogP) is 2.54. The topological polar surface area (TPSA) is 36.4 Å². The van der Waals surface area contributed by atoms with Crippen molar-refractivity contribution in [1.29, 1.82) is 0 Å².